The van der Waals surface area contributed by atoms with Crippen molar-refractivity contribution in [1.82, 2.24) is 0 Å². The molecule has 0 N–H and O–H groups in total. The molecule has 0 heterocycles. The maximum Gasteiger partial charge on any atom is 0.119 e. The Hall–Kier alpha value is -0.500. The van der Waals surface area contributed by atoms with E-state index in [0.717, 1.165) is 25.0 Å². The van der Waals surface area contributed by atoms with Crippen molar-refractivity contribution in [3.8, 4) is 5.75 Å². The van der Waals surface area contributed by atoms with Gasteiger partial charge in [0.05, 0.1) is 0 Å². The van der Waals surface area contributed by atoms with E-state index in [9.17, 15) is 0 Å². The second kappa shape index (κ2) is 4.35. The van der Waals surface area contributed by atoms with Crippen LogP contribution in [0, 0.1) is 0 Å². The predicted octanol–water partition coefficient (Wildman–Crippen LogP) is 3.55. The van der Waals surface area contributed by atoms with Crippen molar-refractivity contribution in [2.45, 2.75) is 37.1 Å². The highest BCUT2D eigenvalue weighted by Crippen LogP contribution is 2.31. The third kappa shape index (κ3) is 2.30. The van der Waals surface area contributed by atoms with Crippen LogP contribution in [0.3, 0.4) is 0 Å². The summed E-state index contributed by atoms with van der Waals surface area (Å²) < 4.78 is 5.79. The van der Waals surface area contributed by atoms with Gasteiger partial charge in [0.15, 0.2) is 0 Å². The number of hydrogen-bond donors (Lipinski definition) is 0. The van der Waals surface area contributed by atoms with Crippen molar-refractivity contribution in [2.24, 2.45) is 0 Å². The van der Waals surface area contributed by atoms with Crippen LogP contribution in [0.5, 0.6) is 5.75 Å². The van der Waals surface area contributed by atoms with Crippen LogP contribution in [0.25, 0.3) is 0 Å². The molecule has 0 atom stereocenters. The Morgan fingerprint density at radius 3 is 2.43 bits per heavy atom. The molecule has 2 rings (SSSR count). The van der Waals surface area contributed by atoms with Crippen LogP contribution in [0.2, 0.25) is 0 Å². The number of ether oxygens (including phenoxy) is 1. The zero-order chi connectivity index (χ0) is 9.97. The molecule has 0 saturated heterocycles. The number of halogens is 1. The van der Waals surface area contributed by atoms with Gasteiger partial charge in [0.1, 0.15) is 11.9 Å². The standard InChI is InChI=1S/C12H15BrO/c1-2-9-3-5-11(6-4-9)14-12-7-10(13)8-12/h3-6,10,12H,2,7-8H2,1H3. The SMILES string of the molecule is CCc1ccc(OC2CC(Br)C2)cc1. The zero-order valence-electron chi connectivity index (χ0n) is 8.37. The molecule has 0 aliphatic heterocycles. The van der Waals surface area contributed by atoms with Gasteiger partial charge in [-0.15, -0.1) is 0 Å². The molecule has 0 amide bonds. The van der Waals surface area contributed by atoms with Gasteiger partial charge >= 0.3 is 0 Å². The Bertz CT molecular complexity index is 288. The van der Waals surface area contributed by atoms with Crippen LogP contribution in [0.4, 0.5) is 0 Å². The highest BCUT2D eigenvalue weighted by Gasteiger charge is 2.28. The minimum Gasteiger partial charge on any atom is -0.490 e. The Labute approximate surface area is 93.6 Å². The Morgan fingerprint density at radius 1 is 1.29 bits per heavy atom. The number of aryl methyl sites for hydroxylation is 1. The molecule has 1 aromatic rings. The largest absolute Gasteiger partial charge is 0.490 e. The van der Waals surface area contributed by atoms with Crippen molar-refractivity contribution in [1.29, 1.82) is 0 Å². The summed E-state index contributed by atoms with van der Waals surface area (Å²) in [5, 5.41) is 0. The third-order valence-electron chi connectivity index (χ3n) is 2.67. The van der Waals surface area contributed by atoms with Crippen molar-refractivity contribution in [2.75, 3.05) is 0 Å². The first-order chi connectivity index (χ1) is 6.78. The smallest absolute Gasteiger partial charge is 0.119 e. The summed E-state index contributed by atoms with van der Waals surface area (Å²) in [6.07, 6.45) is 3.78. The fraction of sp³-hybridized carbons (Fsp3) is 0.500. The van der Waals surface area contributed by atoms with Crippen molar-refractivity contribution in [3.05, 3.63) is 29.8 Å². The maximum atomic E-state index is 5.79. The van der Waals surface area contributed by atoms with Crippen LogP contribution in [0.15, 0.2) is 24.3 Å². The van der Waals surface area contributed by atoms with Gasteiger partial charge in [0, 0.05) is 4.83 Å². The summed E-state index contributed by atoms with van der Waals surface area (Å²) in [4.78, 5) is 0.669. The number of rotatable bonds is 3. The highest BCUT2D eigenvalue weighted by atomic mass is 79.9. The fourth-order valence-electron chi connectivity index (χ4n) is 1.59. The van der Waals surface area contributed by atoms with E-state index in [2.05, 4.69) is 47.1 Å². The molecule has 0 aromatic heterocycles. The third-order valence-corrected chi connectivity index (χ3v) is 3.42. The lowest BCUT2D eigenvalue weighted by molar-refractivity contribution is 0.128. The number of hydrogen-bond acceptors (Lipinski definition) is 1. The first-order valence-electron chi connectivity index (χ1n) is 5.17. The minimum atomic E-state index is 0.423. The monoisotopic (exact) mass is 254 g/mol. The Morgan fingerprint density at radius 2 is 1.93 bits per heavy atom. The molecule has 1 nitrogen and oxygen atoms in total. The summed E-state index contributed by atoms with van der Waals surface area (Å²) in [5.41, 5.74) is 1.37. The van der Waals surface area contributed by atoms with E-state index in [1.807, 2.05) is 0 Å². The zero-order valence-corrected chi connectivity index (χ0v) is 9.96. The molecule has 1 saturated carbocycles. The van der Waals surface area contributed by atoms with Gasteiger partial charge in [-0.2, -0.15) is 0 Å². The first kappa shape index (κ1) is 10.0. The molecule has 0 bridgehead atoms. The van der Waals surface area contributed by atoms with Crippen molar-refractivity contribution < 1.29 is 4.74 Å². The number of benzene rings is 1. The molecule has 0 radical (unpaired) electrons. The maximum absolute atomic E-state index is 5.79. The Kier molecular flexibility index (Phi) is 3.12. The molecule has 14 heavy (non-hydrogen) atoms. The number of alkyl halides is 1. The van der Waals surface area contributed by atoms with Gasteiger partial charge in [-0.05, 0) is 37.0 Å². The Balaban J connectivity index is 1.90. The summed E-state index contributed by atoms with van der Waals surface area (Å²) in [6.45, 7) is 2.16. The molecule has 2 heteroatoms. The quantitative estimate of drug-likeness (QED) is 0.750. The summed E-state index contributed by atoms with van der Waals surface area (Å²) in [5.74, 6) is 1.01. The van der Waals surface area contributed by atoms with E-state index in [4.69, 9.17) is 4.74 Å². The average molecular weight is 255 g/mol. The first-order valence-corrected chi connectivity index (χ1v) is 6.09. The van der Waals surface area contributed by atoms with Crippen molar-refractivity contribution >= 4 is 15.9 Å². The van der Waals surface area contributed by atoms with Crippen LogP contribution < -0.4 is 4.74 Å². The summed E-state index contributed by atoms with van der Waals surface area (Å²) in [7, 11) is 0. The fourth-order valence-corrected chi connectivity index (χ4v) is 2.43. The van der Waals surface area contributed by atoms with Crippen LogP contribution >= 0.6 is 15.9 Å². The summed E-state index contributed by atoms with van der Waals surface area (Å²) >= 11 is 3.56. The minimum absolute atomic E-state index is 0.423. The van der Waals surface area contributed by atoms with E-state index in [1.165, 1.54) is 5.56 Å². The lowest BCUT2D eigenvalue weighted by Crippen LogP contribution is -2.33. The normalized spacial score (nSPS) is 25.6. The van der Waals surface area contributed by atoms with E-state index >= 15 is 0 Å². The predicted molar refractivity (Wildman–Crippen MR) is 62.2 cm³/mol. The summed E-state index contributed by atoms with van der Waals surface area (Å²) in [6, 6.07) is 8.42. The molecule has 1 aromatic carbocycles. The molecule has 0 spiro atoms. The highest BCUT2D eigenvalue weighted by molar-refractivity contribution is 9.09. The lowest BCUT2D eigenvalue weighted by atomic mass is 9.96. The van der Waals surface area contributed by atoms with Gasteiger partial charge in [0.25, 0.3) is 0 Å². The molecule has 1 aliphatic carbocycles. The van der Waals surface area contributed by atoms with E-state index in [0.29, 0.717) is 10.9 Å². The van der Waals surface area contributed by atoms with Crippen LogP contribution in [-0.4, -0.2) is 10.9 Å². The van der Waals surface area contributed by atoms with Crippen molar-refractivity contribution in [3.63, 3.8) is 0 Å². The van der Waals surface area contributed by atoms with Crippen LogP contribution in [0.1, 0.15) is 25.3 Å². The molecule has 1 fully saturated rings. The van der Waals surface area contributed by atoms with Gasteiger partial charge in [-0.25, -0.2) is 0 Å². The second-order valence-electron chi connectivity index (χ2n) is 3.81. The molecule has 0 unspecified atom stereocenters. The van der Waals surface area contributed by atoms with Gasteiger partial charge in [0.2, 0.25) is 0 Å². The lowest BCUT2D eigenvalue weighted by Gasteiger charge is -2.31. The van der Waals surface area contributed by atoms with Gasteiger partial charge in [-0.1, -0.05) is 35.0 Å². The second-order valence-corrected chi connectivity index (χ2v) is 5.10. The topological polar surface area (TPSA) is 9.23 Å². The van der Waals surface area contributed by atoms with Gasteiger partial charge in [-0.3, -0.25) is 0 Å². The van der Waals surface area contributed by atoms with E-state index in [1.54, 1.807) is 0 Å². The molecular formula is C12H15BrO. The van der Waals surface area contributed by atoms with E-state index < -0.39 is 0 Å². The van der Waals surface area contributed by atoms with Crippen LogP contribution in [-0.2, 0) is 6.42 Å². The molecule has 1 aliphatic rings. The van der Waals surface area contributed by atoms with Gasteiger partial charge < -0.3 is 4.74 Å². The molecular weight excluding hydrogens is 240 g/mol. The van der Waals surface area contributed by atoms with E-state index in [-0.39, 0.29) is 0 Å². The average Bonchev–Trinajstić information content (AvgIpc) is 2.17. The molecule has 76 valence electrons.